The largest absolute Gasteiger partial charge is 0.328 e. The highest BCUT2D eigenvalue weighted by atomic mass is 32.1. The molecule has 1 fully saturated rings. The first-order valence-electron chi connectivity index (χ1n) is 8.99. The van der Waals surface area contributed by atoms with Crippen molar-refractivity contribution < 1.29 is 9.59 Å². The molecule has 25 heavy (non-hydrogen) atoms. The molecule has 2 aromatic heterocycles. The van der Waals surface area contributed by atoms with Crippen molar-refractivity contribution in [1.29, 1.82) is 0 Å². The number of likely N-dealkylation sites (tertiary alicyclic amines) is 1. The molecule has 4 heterocycles. The van der Waals surface area contributed by atoms with Crippen LogP contribution in [-0.2, 0) is 13.0 Å². The molecule has 0 aliphatic carbocycles. The molecule has 1 atom stereocenters. The van der Waals surface area contributed by atoms with Crippen LogP contribution in [0.4, 0.5) is 0 Å². The van der Waals surface area contributed by atoms with E-state index >= 15 is 0 Å². The summed E-state index contributed by atoms with van der Waals surface area (Å²) in [6.07, 6.45) is 6.40. The fourth-order valence-corrected chi connectivity index (χ4v) is 4.67. The lowest BCUT2D eigenvalue weighted by atomic mass is 10.2. The van der Waals surface area contributed by atoms with Crippen molar-refractivity contribution >= 4 is 23.0 Å². The molecule has 0 unspecified atom stereocenters. The summed E-state index contributed by atoms with van der Waals surface area (Å²) in [6.45, 7) is 3.22. The molecule has 0 aromatic carbocycles. The third kappa shape index (κ3) is 3.01. The van der Waals surface area contributed by atoms with E-state index in [4.69, 9.17) is 0 Å². The second-order valence-corrected chi connectivity index (χ2v) is 7.90. The molecule has 132 valence electrons. The predicted octanol–water partition coefficient (Wildman–Crippen LogP) is 3.25. The summed E-state index contributed by atoms with van der Waals surface area (Å²) in [7, 11) is 0. The van der Waals surface area contributed by atoms with Crippen LogP contribution >= 0.6 is 11.3 Å². The summed E-state index contributed by atoms with van der Waals surface area (Å²) in [6, 6.07) is 3.51. The molecule has 7 heteroatoms. The molecule has 1 saturated heterocycles. The van der Waals surface area contributed by atoms with Crippen LogP contribution in [0.25, 0.3) is 0 Å². The van der Waals surface area contributed by atoms with Crippen LogP contribution in [0.1, 0.15) is 76.1 Å². The molecule has 0 spiro atoms. The molecule has 0 N–H and O–H groups in total. The van der Waals surface area contributed by atoms with Crippen molar-refractivity contribution in [1.82, 2.24) is 19.7 Å². The van der Waals surface area contributed by atoms with E-state index < -0.39 is 0 Å². The molecule has 2 aromatic rings. The first kappa shape index (κ1) is 16.4. The minimum atomic E-state index is -0.00488. The fourth-order valence-electron chi connectivity index (χ4n) is 3.82. The van der Waals surface area contributed by atoms with Gasteiger partial charge >= 0.3 is 0 Å². The number of fused-ring (bicyclic) bond motifs is 1. The van der Waals surface area contributed by atoms with E-state index in [-0.39, 0.29) is 17.7 Å². The second kappa shape index (κ2) is 6.71. The molecule has 2 aliphatic heterocycles. The second-order valence-electron chi connectivity index (χ2n) is 6.81. The molecular weight excluding hydrogens is 336 g/mol. The highest BCUT2D eigenvalue weighted by molar-refractivity contribution is 7.15. The van der Waals surface area contributed by atoms with Crippen molar-refractivity contribution in [3.63, 3.8) is 0 Å². The van der Waals surface area contributed by atoms with E-state index in [1.165, 1.54) is 24.7 Å². The van der Waals surface area contributed by atoms with Crippen molar-refractivity contribution in [2.45, 2.75) is 58.0 Å². The topological polar surface area (TPSA) is 68.1 Å². The Morgan fingerprint density at radius 2 is 1.92 bits per heavy atom. The Hall–Kier alpha value is -2.02. The Morgan fingerprint density at radius 1 is 1.08 bits per heavy atom. The SMILES string of the molecule is CC(=O)c1ccc(C(=O)N2CCC[C@H]2c2nnc3n2CCCCC3)s1. The van der Waals surface area contributed by atoms with Gasteiger partial charge in [0.05, 0.1) is 15.8 Å². The lowest BCUT2D eigenvalue weighted by molar-refractivity contribution is 0.0732. The van der Waals surface area contributed by atoms with E-state index in [1.54, 1.807) is 12.1 Å². The van der Waals surface area contributed by atoms with E-state index in [2.05, 4.69) is 14.8 Å². The molecule has 1 amide bonds. The van der Waals surface area contributed by atoms with E-state index in [0.717, 1.165) is 56.8 Å². The molecule has 6 nitrogen and oxygen atoms in total. The molecular formula is C18H22N4O2S. The number of rotatable bonds is 3. The van der Waals surface area contributed by atoms with E-state index in [0.29, 0.717) is 9.75 Å². The first-order chi connectivity index (χ1) is 12.1. The van der Waals surface area contributed by atoms with Gasteiger partial charge in [-0.3, -0.25) is 9.59 Å². The smallest absolute Gasteiger partial charge is 0.264 e. The molecule has 0 radical (unpaired) electrons. The summed E-state index contributed by atoms with van der Waals surface area (Å²) < 4.78 is 2.23. The third-order valence-corrected chi connectivity index (χ3v) is 6.29. The van der Waals surface area contributed by atoms with Crippen LogP contribution in [0.5, 0.6) is 0 Å². The fraction of sp³-hybridized carbons (Fsp3) is 0.556. The summed E-state index contributed by atoms with van der Waals surface area (Å²) in [4.78, 5) is 27.7. The van der Waals surface area contributed by atoms with Gasteiger partial charge in [-0.1, -0.05) is 6.42 Å². The molecule has 0 saturated carbocycles. The molecule has 2 aliphatic rings. The van der Waals surface area contributed by atoms with Crippen molar-refractivity contribution in [3.8, 4) is 0 Å². The van der Waals surface area contributed by atoms with Crippen LogP contribution < -0.4 is 0 Å². The Balaban J connectivity index is 1.61. The number of thiophene rings is 1. The standard InChI is InChI=1S/C18H22N4O2S/c1-12(23)14-8-9-15(25-14)18(24)21-11-5-6-13(21)17-20-19-16-7-3-2-4-10-22(16)17/h8-9,13H,2-7,10-11H2,1H3/t13-/m0/s1. The molecule has 4 rings (SSSR count). The summed E-state index contributed by atoms with van der Waals surface area (Å²) in [5.74, 6) is 2.00. The van der Waals surface area contributed by atoms with Crippen LogP contribution in [0, 0.1) is 0 Å². The zero-order valence-electron chi connectivity index (χ0n) is 14.4. The Bertz CT molecular complexity index is 810. The third-order valence-electron chi connectivity index (χ3n) is 5.11. The van der Waals surface area contributed by atoms with Crippen molar-refractivity contribution in [2.24, 2.45) is 0 Å². The number of aromatic nitrogens is 3. The summed E-state index contributed by atoms with van der Waals surface area (Å²) in [5, 5.41) is 8.84. The Labute approximate surface area is 150 Å². The van der Waals surface area contributed by atoms with Gasteiger partial charge < -0.3 is 9.47 Å². The number of aryl methyl sites for hydroxylation is 1. The van der Waals surface area contributed by atoms with E-state index in [1.807, 2.05) is 4.90 Å². The number of carbonyl (C=O) groups is 2. The monoisotopic (exact) mass is 358 g/mol. The lowest BCUT2D eigenvalue weighted by Crippen LogP contribution is -2.31. The number of amides is 1. The summed E-state index contributed by atoms with van der Waals surface area (Å²) in [5.41, 5.74) is 0. The number of ketones is 1. The Morgan fingerprint density at radius 3 is 2.72 bits per heavy atom. The quantitative estimate of drug-likeness (QED) is 0.790. The zero-order chi connectivity index (χ0) is 17.4. The van der Waals surface area contributed by atoms with Gasteiger partial charge in [-0.2, -0.15) is 0 Å². The van der Waals surface area contributed by atoms with Gasteiger partial charge in [0.1, 0.15) is 5.82 Å². The zero-order valence-corrected chi connectivity index (χ0v) is 15.2. The minimum Gasteiger partial charge on any atom is -0.328 e. The maximum atomic E-state index is 13.0. The van der Waals surface area contributed by atoms with Gasteiger partial charge in [-0.05, 0) is 44.7 Å². The van der Waals surface area contributed by atoms with Crippen LogP contribution in [-0.4, -0.2) is 37.9 Å². The van der Waals surface area contributed by atoms with Gasteiger partial charge in [0, 0.05) is 19.5 Å². The number of Topliss-reactive ketones (excluding diaryl/α,β-unsaturated/α-hetero) is 1. The van der Waals surface area contributed by atoms with Gasteiger partial charge in [0.25, 0.3) is 5.91 Å². The first-order valence-corrected chi connectivity index (χ1v) is 9.80. The highest BCUT2D eigenvalue weighted by Gasteiger charge is 2.35. The maximum absolute atomic E-state index is 13.0. The van der Waals surface area contributed by atoms with Crippen LogP contribution in [0.2, 0.25) is 0 Å². The number of nitrogens with zero attached hydrogens (tertiary/aromatic N) is 4. The predicted molar refractivity (Wildman–Crippen MR) is 94.9 cm³/mol. The number of hydrogen-bond donors (Lipinski definition) is 0. The average molecular weight is 358 g/mol. The van der Waals surface area contributed by atoms with Gasteiger partial charge in [0.15, 0.2) is 11.6 Å². The van der Waals surface area contributed by atoms with Crippen molar-refractivity contribution in [2.75, 3.05) is 6.54 Å². The minimum absolute atomic E-state index is 0.00444. The maximum Gasteiger partial charge on any atom is 0.264 e. The van der Waals surface area contributed by atoms with E-state index in [9.17, 15) is 9.59 Å². The normalized spacial score (nSPS) is 20.4. The average Bonchev–Trinajstić information content (AvgIpc) is 3.30. The molecule has 0 bridgehead atoms. The summed E-state index contributed by atoms with van der Waals surface area (Å²) >= 11 is 1.28. The number of carbonyl (C=O) groups excluding carboxylic acids is 2. The number of hydrogen-bond acceptors (Lipinski definition) is 5. The Kier molecular flexibility index (Phi) is 4.41. The van der Waals surface area contributed by atoms with Crippen LogP contribution in [0.15, 0.2) is 12.1 Å². The van der Waals surface area contributed by atoms with Gasteiger partial charge in [-0.25, -0.2) is 0 Å². The van der Waals surface area contributed by atoms with Gasteiger partial charge in [-0.15, -0.1) is 21.5 Å². The highest BCUT2D eigenvalue weighted by Crippen LogP contribution is 2.34. The van der Waals surface area contributed by atoms with Crippen molar-refractivity contribution in [3.05, 3.63) is 33.5 Å². The van der Waals surface area contributed by atoms with Gasteiger partial charge in [0.2, 0.25) is 0 Å². The lowest BCUT2D eigenvalue weighted by Gasteiger charge is -2.24. The van der Waals surface area contributed by atoms with Crippen LogP contribution in [0.3, 0.4) is 0 Å².